The molecule has 4 nitrogen and oxygen atoms in total. The third kappa shape index (κ3) is 4.09. The van der Waals surface area contributed by atoms with Gasteiger partial charge in [0.05, 0.1) is 29.0 Å². The largest absolute Gasteiger partial charge is 0.496 e. The standard InChI is InChI=1S/C23H17Cl2N3O/c1-29-23-10-9-16-19(17(23)8-7-15-5-3-2-4-6-15)12-27-28-22(16)11-18-20(24)13-26-14-21(18)25/h2-10,12-14H,11H2,1H3. The molecule has 2 aromatic heterocycles. The topological polar surface area (TPSA) is 47.9 Å². The van der Waals surface area contributed by atoms with Gasteiger partial charge >= 0.3 is 0 Å². The smallest absolute Gasteiger partial charge is 0.126 e. The SMILES string of the molecule is COc1ccc2c(Cc3c(Cl)cncc3Cl)nncc2c1C=Cc1ccccc1. The fraction of sp³-hybridized carbons (Fsp3) is 0.0870. The van der Waals surface area contributed by atoms with Crippen molar-refractivity contribution in [1.82, 2.24) is 15.2 Å². The van der Waals surface area contributed by atoms with Gasteiger partial charge in [0.25, 0.3) is 0 Å². The van der Waals surface area contributed by atoms with E-state index >= 15 is 0 Å². The molecule has 0 bridgehead atoms. The third-order valence-electron chi connectivity index (χ3n) is 4.68. The van der Waals surface area contributed by atoms with Crippen LogP contribution >= 0.6 is 23.2 Å². The predicted octanol–water partition coefficient (Wildman–Crippen LogP) is 6.10. The summed E-state index contributed by atoms with van der Waals surface area (Å²) in [7, 11) is 1.66. The van der Waals surface area contributed by atoms with Crippen LogP contribution < -0.4 is 4.74 Å². The first kappa shape index (κ1) is 19.4. The second kappa shape index (κ2) is 8.60. The van der Waals surface area contributed by atoms with Gasteiger partial charge in [-0.1, -0.05) is 59.6 Å². The van der Waals surface area contributed by atoms with Gasteiger partial charge in [0.2, 0.25) is 0 Å². The zero-order chi connectivity index (χ0) is 20.2. The monoisotopic (exact) mass is 421 g/mol. The summed E-state index contributed by atoms with van der Waals surface area (Å²) in [5.74, 6) is 0.767. The van der Waals surface area contributed by atoms with E-state index in [1.54, 1.807) is 25.7 Å². The molecule has 0 saturated carbocycles. The van der Waals surface area contributed by atoms with Crippen LogP contribution in [0.25, 0.3) is 22.9 Å². The van der Waals surface area contributed by atoms with Crippen molar-refractivity contribution < 1.29 is 4.74 Å². The molecule has 0 aliphatic heterocycles. The van der Waals surface area contributed by atoms with Crippen LogP contribution in [0.2, 0.25) is 10.0 Å². The van der Waals surface area contributed by atoms with Gasteiger partial charge in [0, 0.05) is 35.2 Å². The van der Waals surface area contributed by atoms with Crippen LogP contribution in [-0.4, -0.2) is 22.3 Å². The number of pyridine rings is 1. The quantitative estimate of drug-likeness (QED) is 0.365. The van der Waals surface area contributed by atoms with Crippen molar-refractivity contribution in [2.45, 2.75) is 6.42 Å². The van der Waals surface area contributed by atoms with Crippen molar-refractivity contribution in [1.29, 1.82) is 0 Å². The van der Waals surface area contributed by atoms with Crippen LogP contribution in [0, 0.1) is 0 Å². The lowest BCUT2D eigenvalue weighted by molar-refractivity contribution is 0.414. The Morgan fingerprint density at radius 2 is 1.66 bits per heavy atom. The van der Waals surface area contributed by atoms with Crippen molar-refractivity contribution in [3.8, 4) is 5.75 Å². The molecule has 144 valence electrons. The number of benzene rings is 2. The summed E-state index contributed by atoms with van der Waals surface area (Å²) in [6.07, 6.45) is 9.46. The Labute approximate surface area is 178 Å². The van der Waals surface area contributed by atoms with Crippen LogP contribution in [-0.2, 0) is 6.42 Å². The summed E-state index contributed by atoms with van der Waals surface area (Å²) in [6, 6.07) is 14.0. The molecular formula is C23H17Cl2N3O. The van der Waals surface area contributed by atoms with E-state index in [0.29, 0.717) is 16.5 Å². The van der Waals surface area contributed by atoms with Gasteiger partial charge in [0.1, 0.15) is 5.75 Å². The Morgan fingerprint density at radius 3 is 2.38 bits per heavy atom. The molecule has 0 aliphatic carbocycles. The van der Waals surface area contributed by atoms with Crippen LogP contribution in [0.3, 0.4) is 0 Å². The molecule has 4 rings (SSSR count). The van der Waals surface area contributed by atoms with Crippen molar-refractivity contribution in [3.63, 3.8) is 0 Å². The molecular weight excluding hydrogens is 405 g/mol. The highest BCUT2D eigenvalue weighted by Crippen LogP contribution is 2.33. The number of hydrogen-bond donors (Lipinski definition) is 0. The first-order chi connectivity index (χ1) is 14.2. The number of aromatic nitrogens is 3. The maximum absolute atomic E-state index is 6.30. The molecule has 0 fully saturated rings. The van der Waals surface area contributed by atoms with Crippen molar-refractivity contribution in [2.75, 3.05) is 7.11 Å². The first-order valence-electron chi connectivity index (χ1n) is 8.99. The van der Waals surface area contributed by atoms with E-state index in [4.69, 9.17) is 27.9 Å². The van der Waals surface area contributed by atoms with Crippen molar-refractivity contribution >= 4 is 46.1 Å². The summed E-state index contributed by atoms with van der Waals surface area (Å²) in [5.41, 5.74) is 3.61. The van der Waals surface area contributed by atoms with Crippen molar-refractivity contribution in [3.05, 3.63) is 93.5 Å². The Hall–Kier alpha value is -2.95. The number of nitrogens with zero attached hydrogens (tertiary/aromatic N) is 3. The van der Waals surface area contributed by atoms with E-state index in [1.165, 1.54) is 0 Å². The fourth-order valence-electron chi connectivity index (χ4n) is 3.22. The minimum absolute atomic E-state index is 0.457. The van der Waals surface area contributed by atoms with Gasteiger partial charge in [-0.05, 0) is 29.3 Å². The summed E-state index contributed by atoms with van der Waals surface area (Å²) in [6.45, 7) is 0. The molecule has 0 N–H and O–H groups in total. The Morgan fingerprint density at radius 1 is 0.897 bits per heavy atom. The lowest BCUT2D eigenvalue weighted by atomic mass is 10.00. The minimum atomic E-state index is 0.457. The number of halogens is 2. The van der Waals surface area contributed by atoms with Crippen molar-refractivity contribution in [2.24, 2.45) is 0 Å². The Kier molecular flexibility index (Phi) is 5.74. The zero-order valence-corrected chi connectivity index (χ0v) is 17.2. The maximum atomic E-state index is 6.30. The van der Waals surface area contributed by atoms with Gasteiger partial charge in [0.15, 0.2) is 0 Å². The first-order valence-corrected chi connectivity index (χ1v) is 9.75. The second-order valence-electron chi connectivity index (χ2n) is 6.44. The highest BCUT2D eigenvalue weighted by Gasteiger charge is 2.14. The summed E-state index contributed by atoms with van der Waals surface area (Å²) < 4.78 is 5.59. The molecule has 0 aliphatic rings. The molecule has 29 heavy (non-hydrogen) atoms. The third-order valence-corrected chi connectivity index (χ3v) is 5.33. The molecule has 2 heterocycles. The lowest BCUT2D eigenvalue weighted by Gasteiger charge is -2.12. The molecule has 0 amide bonds. The van der Waals surface area contributed by atoms with Crippen LogP contribution in [0.15, 0.2) is 61.1 Å². The molecule has 6 heteroatoms. The van der Waals surface area contributed by atoms with Crippen LogP contribution in [0.4, 0.5) is 0 Å². The van der Waals surface area contributed by atoms with E-state index < -0.39 is 0 Å². The Bertz CT molecular complexity index is 1170. The molecule has 0 spiro atoms. The molecule has 0 saturated heterocycles. The van der Waals surface area contributed by atoms with Gasteiger partial charge in [-0.2, -0.15) is 10.2 Å². The zero-order valence-electron chi connectivity index (χ0n) is 15.6. The van der Waals surface area contributed by atoms with Crippen LogP contribution in [0.1, 0.15) is 22.4 Å². The summed E-state index contributed by atoms with van der Waals surface area (Å²) >= 11 is 12.6. The molecule has 4 aromatic rings. The number of rotatable bonds is 5. The van der Waals surface area contributed by atoms with E-state index in [2.05, 4.69) is 15.2 Å². The van der Waals surface area contributed by atoms with Gasteiger partial charge in [-0.15, -0.1) is 0 Å². The number of hydrogen-bond acceptors (Lipinski definition) is 4. The molecule has 0 atom stereocenters. The molecule has 2 aromatic carbocycles. The average Bonchev–Trinajstić information content (AvgIpc) is 2.75. The number of methoxy groups -OCH3 is 1. The molecule has 0 unspecified atom stereocenters. The fourth-order valence-corrected chi connectivity index (χ4v) is 3.71. The van der Waals surface area contributed by atoms with E-state index in [1.807, 2.05) is 54.6 Å². The Balaban J connectivity index is 1.82. The maximum Gasteiger partial charge on any atom is 0.126 e. The number of fused-ring (bicyclic) bond motifs is 1. The average molecular weight is 422 g/mol. The van der Waals surface area contributed by atoms with E-state index in [-0.39, 0.29) is 0 Å². The van der Waals surface area contributed by atoms with Crippen LogP contribution in [0.5, 0.6) is 5.75 Å². The minimum Gasteiger partial charge on any atom is -0.496 e. The normalized spacial score (nSPS) is 11.3. The lowest BCUT2D eigenvalue weighted by Crippen LogP contribution is -2.00. The van der Waals surface area contributed by atoms with E-state index in [9.17, 15) is 0 Å². The van der Waals surface area contributed by atoms with E-state index in [0.717, 1.165) is 38.9 Å². The summed E-state index contributed by atoms with van der Waals surface area (Å²) in [4.78, 5) is 4.01. The second-order valence-corrected chi connectivity index (χ2v) is 7.25. The molecule has 0 radical (unpaired) electrons. The van der Waals surface area contributed by atoms with Gasteiger partial charge in [-0.25, -0.2) is 0 Å². The predicted molar refractivity (Wildman–Crippen MR) is 119 cm³/mol. The highest BCUT2D eigenvalue weighted by molar-refractivity contribution is 6.35. The highest BCUT2D eigenvalue weighted by atomic mass is 35.5. The summed E-state index contributed by atoms with van der Waals surface area (Å²) in [5, 5.41) is 11.5. The van der Waals surface area contributed by atoms with Gasteiger partial charge in [-0.3, -0.25) is 4.98 Å². The number of ether oxygens (including phenoxy) is 1. The van der Waals surface area contributed by atoms with Gasteiger partial charge < -0.3 is 4.74 Å².